The highest BCUT2D eigenvalue weighted by Crippen LogP contribution is 2.34. The van der Waals surface area contributed by atoms with E-state index in [1.165, 1.54) is 19.5 Å². The summed E-state index contributed by atoms with van der Waals surface area (Å²) in [5, 5.41) is 2.73. The molecular weight excluding hydrogens is 304 g/mol. The maximum atomic E-state index is 11.7. The van der Waals surface area contributed by atoms with Crippen LogP contribution in [0.1, 0.15) is 39.0 Å². The minimum absolute atomic E-state index is 0.0683. The average molecular weight is 336 g/mol. The zero-order valence-electron chi connectivity index (χ0n) is 15.2. The van der Waals surface area contributed by atoms with Crippen molar-refractivity contribution in [2.24, 2.45) is 11.8 Å². The molecule has 1 unspecified atom stereocenters. The molecule has 3 amide bonds. The summed E-state index contributed by atoms with van der Waals surface area (Å²) < 4.78 is 0. The summed E-state index contributed by atoms with van der Waals surface area (Å²) in [5.74, 6) is 1.78. The number of hydrogen-bond acceptors (Lipinski definition) is 3. The van der Waals surface area contributed by atoms with Gasteiger partial charge in [0.2, 0.25) is 5.91 Å². The SMILES string of the molecule is CNC(=O)N1CCC(C2CCN(C3CCN(C(C)=O)CC3)C2)CC1. The van der Waals surface area contributed by atoms with Gasteiger partial charge in [0.1, 0.15) is 0 Å². The number of carbonyl (C=O) groups is 2. The van der Waals surface area contributed by atoms with E-state index in [2.05, 4.69) is 10.2 Å². The van der Waals surface area contributed by atoms with Gasteiger partial charge in [0, 0.05) is 52.7 Å². The van der Waals surface area contributed by atoms with Gasteiger partial charge in [-0.05, 0) is 50.5 Å². The van der Waals surface area contributed by atoms with Gasteiger partial charge in [0.25, 0.3) is 0 Å². The van der Waals surface area contributed by atoms with Gasteiger partial charge < -0.3 is 15.1 Å². The number of nitrogens with one attached hydrogen (secondary N) is 1. The van der Waals surface area contributed by atoms with Gasteiger partial charge in [0.05, 0.1) is 0 Å². The number of piperidine rings is 2. The predicted molar refractivity (Wildman–Crippen MR) is 93.7 cm³/mol. The van der Waals surface area contributed by atoms with Crippen LogP contribution < -0.4 is 5.32 Å². The summed E-state index contributed by atoms with van der Waals surface area (Å²) in [6.07, 6.45) is 5.85. The van der Waals surface area contributed by atoms with Gasteiger partial charge in [0.15, 0.2) is 0 Å². The molecule has 0 aromatic heterocycles. The molecule has 0 radical (unpaired) electrons. The third-order valence-corrected chi connectivity index (χ3v) is 6.39. The average Bonchev–Trinajstić information content (AvgIpc) is 3.11. The number of rotatable bonds is 2. The zero-order valence-corrected chi connectivity index (χ0v) is 15.2. The zero-order chi connectivity index (χ0) is 17.1. The van der Waals surface area contributed by atoms with Gasteiger partial charge in [-0.1, -0.05) is 0 Å². The normalized spacial score (nSPS) is 27.5. The lowest BCUT2D eigenvalue weighted by molar-refractivity contribution is -0.130. The van der Waals surface area contributed by atoms with Crippen molar-refractivity contribution in [1.29, 1.82) is 0 Å². The third kappa shape index (κ3) is 3.85. The lowest BCUT2D eigenvalue weighted by Crippen LogP contribution is -2.46. The Morgan fingerprint density at radius 1 is 0.833 bits per heavy atom. The highest BCUT2D eigenvalue weighted by atomic mass is 16.2. The molecule has 24 heavy (non-hydrogen) atoms. The van der Waals surface area contributed by atoms with Crippen LogP contribution in [-0.2, 0) is 4.79 Å². The first kappa shape index (κ1) is 17.5. The molecule has 0 aliphatic carbocycles. The highest BCUT2D eigenvalue weighted by molar-refractivity contribution is 5.74. The Morgan fingerprint density at radius 2 is 1.42 bits per heavy atom. The lowest BCUT2D eigenvalue weighted by atomic mass is 9.84. The monoisotopic (exact) mass is 336 g/mol. The maximum Gasteiger partial charge on any atom is 0.317 e. The van der Waals surface area contributed by atoms with Crippen LogP contribution in [0.25, 0.3) is 0 Å². The molecule has 3 aliphatic heterocycles. The summed E-state index contributed by atoms with van der Waals surface area (Å²) in [5.41, 5.74) is 0. The van der Waals surface area contributed by atoms with Crippen molar-refractivity contribution in [2.75, 3.05) is 46.3 Å². The number of likely N-dealkylation sites (tertiary alicyclic amines) is 3. The maximum absolute atomic E-state index is 11.7. The van der Waals surface area contributed by atoms with Crippen molar-refractivity contribution in [3.8, 4) is 0 Å². The summed E-state index contributed by atoms with van der Waals surface area (Å²) in [4.78, 5) is 29.8. The van der Waals surface area contributed by atoms with Crippen molar-refractivity contribution in [3.05, 3.63) is 0 Å². The number of carbonyl (C=O) groups excluding carboxylic acids is 2. The fourth-order valence-corrected chi connectivity index (χ4v) is 4.81. The standard InChI is InChI=1S/C18H32N4O2/c1-14(23)20-11-6-17(7-12-20)22-10-5-16(13-22)15-3-8-21(9-4-15)18(24)19-2/h15-17H,3-13H2,1-2H3,(H,19,24). The topological polar surface area (TPSA) is 55.9 Å². The Hall–Kier alpha value is -1.30. The second-order valence-electron chi connectivity index (χ2n) is 7.66. The van der Waals surface area contributed by atoms with E-state index in [1.807, 2.05) is 9.80 Å². The summed E-state index contributed by atoms with van der Waals surface area (Å²) in [6, 6.07) is 0.732. The van der Waals surface area contributed by atoms with Gasteiger partial charge in [-0.25, -0.2) is 4.79 Å². The van der Waals surface area contributed by atoms with Crippen LogP contribution in [0, 0.1) is 11.8 Å². The summed E-state index contributed by atoms with van der Waals surface area (Å²) >= 11 is 0. The van der Waals surface area contributed by atoms with E-state index >= 15 is 0 Å². The first-order valence-electron chi connectivity index (χ1n) is 9.54. The highest BCUT2D eigenvalue weighted by Gasteiger charge is 2.36. The molecule has 6 nitrogen and oxygen atoms in total. The van der Waals surface area contributed by atoms with Gasteiger partial charge >= 0.3 is 6.03 Å². The summed E-state index contributed by atoms with van der Waals surface area (Å²) in [7, 11) is 1.71. The van der Waals surface area contributed by atoms with Crippen LogP contribution in [0.15, 0.2) is 0 Å². The quantitative estimate of drug-likeness (QED) is 0.829. The Morgan fingerprint density at radius 3 is 2.00 bits per heavy atom. The minimum Gasteiger partial charge on any atom is -0.343 e. The van der Waals surface area contributed by atoms with Crippen molar-refractivity contribution < 1.29 is 9.59 Å². The minimum atomic E-state index is 0.0683. The van der Waals surface area contributed by atoms with E-state index in [0.29, 0.717) is 6.04 Å². The van der Waals surface area contributed by atoms with Crippen molar-refractivity contribution in [1.82, 2.24) is 20.0 Å². The molecule has 0 spiro atoms. The molecule has 3 aliphatic rings. The van der Waals surface area contributed by atoms with E-state index in [0.717, 1.165) is 63.7 Å². The molecule has 0 aromatic carbocycles. The molecule has 3 saturated heterocycles. The fourth-order valence-electron chi connectivity index (χ4n) is 4.81. The Balaban J connectivity index is 1.43. The molecular formula is C18H32N4O2. The molecule has 0 saturated carbocycles. The third-order valence-electron chi connectivity index (χ3n) is 6.39. The van der Waals surface area contributed by atoms with Crippen molar-refractivity contribution in [3.63, 3.8) is 0 Å². The smallest absolute Gasteiger partial charge is 0.317 e. The molecule has 3 fully saturated rings. The van der Waals surface area contributed by atoms with Gasteiger partial charge in [-0.15, -0.1) is 0 Å². The van der Waals surface area contributed by atoms with E-state index < -0.39 is 0 Å². The van der Waals surface area contributed by atoms with E-state index in [4.69, 9.17) is 0 Å². The van der Waals surface area contributed by atoms with Crippen molar-refractivity contribution >= 4 is 11.9 Å². The number of nitrogens with zero attached hydrogens (tertiary/aromatic N) is 3. The molecule has 1 atom stereocenters. The number of amides is 3. The van der Waals surface area contributed by atoms with Gasteiger partial charge in [-0.3, -0.25) is 9.69 Å². The first-order chi connectivity index (χ1) is 11.6. The fraction of sp³-hybridized carbons (Fsp3) is 0.889. The van der Waals surface area contributed by atoms with Crippen LogP contribution in [0.4, 0.5) is 4.79 Å². The molecule has 1 N–H and O–H groups in total. The van der Waals surface area contributed by atoms with Crippen LogP contribution in [0.5, 0.6) is 0 Å². The number of urea groups is 1. The van der Waals surface area contributed by atoms with Crippen molar-refractivity contribution in [2.45, 2.75) is 45.1 Å². The Bertz CT molecular complexity index is 454. The van der Waals surface area contributed by atoms with E-state index in [1.54, 1.807) is 14.0 Å². The summed E-state index contributed by atoms with van der Waals surface area (Å²) in [6.45, 7) is 7.75. The molecule has 6 heteroatoms. The Labute approximate surface area is 145 Å². The molecule has 0 bridgehead atoms. The van der Waals surface area contributed by atoms with Crippen LogP contribution in [0.3, 0.4) is 0 Å². The molecule has 136 valence electrons. The van der Waals surface area contributed by atoms with E-state index in [9.17, 15) is 9.59 Å². The second kappa shape index (κ2) is 7.72. The van der Waals surface area contributed by atoms with Crippen LogP contribution in [-0.4, -0.2) is 79.0 Å². The lowest BCUT2D eigenvalue weighted by Gasteiger charge is -2.37. The molecule has 0 aromatic rings. The second-order valence-corrected chi connectivity index (χ2v) is 7.66. The van der Waals surface area contributed by atoms with E-state index in [-0.39, 0.29) is 11.9 Å². The molecule has 3 heterocycles. The first-order valence-corrected chi connectivity index (χ1v) is 9.54. The van der Waals surface area contributed by atoms with Gasteiger partial charge in [-0.2, -0.15) is 0 Å². The Kier molecular flexibility index (Phi) is 5.64. The van der Waals surface area contributed by atoms with Crippen LogP contribution >= 0.6 is 0 Å². The molecule has 3 rings (SSSR count). The predicted octanol–water partition coefficient (Wildman–Crippen LogP) is 1.37. The number of hydrogen-bond donors (Lipinski definition) is 1. The largest absolute Gasteiger partial charge is 0.343 e. The van der Waals surface area contributed by atoms with Crippen LogP contribution in [0.2, 0.25) is 0 Å².